The maximum atomic E-state index is 2.32. The first-order valence-corrected chi connectivity index (χ1v) is 10.1. The van der Waals surface area contributed by atoms with E-state index < -0.39 is 0 Å². The van der Waals surface area contributed by atoms with Crippen LogP contribution < -0.4 is 0 Å². The number of benzene rings is 2. The van der Waals surface area contributed by atoms with Gasteiger partial charge in [0.1, 0.15) is 0 Å². The van der Waals surface area contributed by atoms with Gasteiger partial charge >= 0.3 is 0 Å². The molecule has 0 amide bonds. The number of hydrogen-bond donors (Lipinski definition) is 0. The van der Waals surface area contributed by atoms with Crippen LogP contribution in [0, 0.1) is 5.92 Å². The van der Waals surface area contributed by atoms with Crippen molar-refractivity contribution in [1.82, 2.24) is 0 Å². The second-order valence-corrected chi connectivity index (χ2v) is 7.33. The van der Waals surface area contributed by atoms with Crippen molar-refractivity contribution in [1.29, 1.82) is 0 Å². The Morgan fingerprint density at radius 1 is 0.864 bits per heavy atom. The molecule has 0 aliphatic heterocycles. The Kier molecular flexibility index (Phi) is 7.14. The highest BCUT2D eigenvalue weighted by Crippen LogP contribution is 2.19. The van der Waals surface area contributed by atoms with Gasteiger partial charge in [-0.2, -0.15) is 0 Å². The van der Waals surface area contributed by atoms with Crippen molar-refractivity contribution < 1.29 is 0 Å². The van der Waals surface area contributed by atoms with Crippen molar-refractivity contribution in [3.63, 3.8) is 0 Å². The summed E-state index contributed by atoms with van der Waals surface area (Å²) in [5, 5.41) is 0. The standard InChI is InChI=1S/C20H24S2/c1-16(15-18-9-13-20(22-3)14-10-18)5-4-6-17-7-11-19(21-2)12-8-17/h4,6-14,16H,5,15H2,1-3H3. The van der Waals surface area contributed by atoms with Crippen molar-refractivity contribution in [3.8, 4) is 0 Å². The molecule has 0 nitrogen and oxygen atoms in total. The van der Waals surface area contributed by atoms with Crippen molar-refractivity contribution >= 4 is 29.6 Å². The van der Waals surface area contributed by atoms with Gasteiger partial charge in [0.25, 0.3) is 0 Å². The van der Waals surface area contributed by atoms with Gasteiger partial charge in [0.05, 0.1) is 0 Å². The lowest BCUT2D eigenvalue weighted by atomic mass is 9.97. The molecule has 116 valence electrons. The minimum absolute atomic E-state index is 0.668. The Hall–Kier alpha value is -1.12. The van der Waals surface area contributed by atoms with E-state index in [-0.39, 0.29) is 0 Å². The molecule has 0 spiro atoms. The third-order valence-electron chi connectivity index (χ3n) is 3.71. The molecule has 1 atom stereocenters. The first-order chi connectivity index (χ1) is 10.7. The van der Waals surface area contributed by atoms with Gasteiger partial charge in [0.15, 0.2) is 0 Å². The summed E-state index contributed by atoms with van der Waals surface area (Å²) >= 11 is 3.58. The zero-order valence-corrected chi connectivity index (χ0v) is 15.2. The Bertz CT molecular complexity index is 582. The predicted molar refractivity (Wildman–Crippen MR) is 103 cm³/mol. The summed E-state index contributed by atoms with van der Waals surface area (Å²) in [6.45, 7) is 2.32. The summed E-state index contributed by atoms with van der Waals surface area (Å²) in [6.07, 6.45) is 11.0. The highest BCUT2D eigenvalue weighted by Gasteiger charge is 2.02. The molecule has 0 aliphatic carbocycles. The number of hydrogen-bond acceptors (Lipinski definition) is 2. The van der Waals surface area contributed by atoms with Crippen molar-refractivity contribution in [2.24, 2.45) is 5.92 Å². The molecule has 2 heteroatoms. The first kappa shape index (κ1) is 17.2. The number of allylic oxidation sites excluding steroid dienone is 1. The van der Waals surface area contributed by atoms with Gasteiger partial charge in [-0.3, -0.25) is 0 Å². The predicted octanol–water partition coefficient (Wildman–Crippen LogP) is 6.41. The van der Waals surface area contributed by atoms with E-state index in [2.05, 4.69) is 80.1 Å². The van der Waals surface area contributed by atoms with E-state index in [1.165, 1.54) is 20.9 Å². The smallest absolute Gasteiger partial charge is 0.00695 e. The molecule has 2 rings (SSSR count). The van der Waals surface area contributed by atoms with Crippen molar-refractivity contribution in [2.75, 3.05) is 12.5 Å². The minimum Gasteiger partial charge on any atom is -0.130 e. The second-order valence-electron chi connectivity index (χ2n) is 5.57. The van der Waals surface area contributed by atoms with E-state index in [0.717, 1.165) is 12.8 Å². The Morgan fingerprint density at radius 3 is 1.95 bits per heavy atom. The van der Waals surface area contributed by atoms with Crippen LogP contribution >= 0.6 is 23.5 Å². The number of rotatable bonds is 7. The molecule has 0 fully saturated rings. The zero-order valence-electron chi connectivity index (χ0n) is 13.6. The highest BCUT2D eigenvalue weighted by atomic mass is 32.2. The van der Waals surface area contributed by atoms with Crippen LogP contribution in [0.5, 0.6) is 0 Å². The Morgan fingerprint density at radius 2 is 1.41 bits per heavy atom. The molecule has 2 aromatic carbocycles. The third-order valence-corrected chi connectivity index (χ3v) is 5.19. The summed E-state index contributed by atoms with van der Waals surface area (Å²) in [5.74, 6) is 0.668. The maximum Gasteiger partial charge on any atom is 0.00695 e. The van der Waals surface area contributed by atoms with Gasteiger partial charge < -0.3 is 0 Å². The molecule has 0 N–H and O–H groups in total. The van der Waals surface area contributed by atoms with Crippen LogP contribution in [0.2, 0.25) is 0 Å². The fourth-order valence-corrected chi connectivity index (χ4v) is 3.22. The zero-order chi connectivity index (χ0) is 15.8. The summed E-state index contributed by atoms with van der Waals surface area (Å²) in [4.78, 5) is 2.66. The molecule has 0 aliphatic rings. The van der Waals surface area contributed by atoms with Crippen LogP contribution in [0.4, 0.5) is 0 Å². The van der Waals surface area contributed by atoms with Gasteiger partial charge in [-0.25, -0.2) is 0 Å². The molecule has 22 heavy (non-hydrogen) atoms. The average Bonchev–Trinajstić information content (AvgIpc) is 2.56. The van der Waals surface area contributed by atoms with Gasteiger partial charge in [-0.1, -0.05) is 43.3 Å². The summed E-state index contributed by atoms with van der Waals surface area (Å²) in [6, 6.07) is 17.7. The molecule has 0 saturated carbocycles. The molecule has 0 bridgehead atoms. The molecule has 0 heterocycles. The molecule has 1 unspecified atom stereocenters. The van der Waals surface area contributed by atoms with Crippen LogP contribution in [-0.4, -0.2) is 12.5 Å². The maximum absolute atomic E-state index is 2.32. The molecule has 0 aromatic heterocycles. The Labute approximate surface area is 143 Å². The van der Waals surface area contributed by atoms with E-state index in [1.807, 2.05) is 0 Å². The first-order valence-electron chi connectivity index (χ1n) is 7.65. The molecule has 0 radical (unpaired) electrons. The molecular formula is C20H24S2. The van der Waals surface area contributed by atoms with Crippen LogP contribution in [-0.2, 0) is 6.42 Å². The van der Waals surface area contributed by atoms with Gasteiger partial charge in [0, 0.05) is 9.79 Å². The highest BCUT2D eigenvalue weighted by molar-refractivity contribution is 7.98. The fraction of sp³-hybridized carbons (Fsp3) is 0.300. The van der Waals surface area contributed by atoms with Gasteiger partial charge in [-0.05, 0) is 66.7 Å². The average molecular weight is 329 g/mol. The second kappa shape index (κ2) is 9.12. The quantitative estimate of drug-likeness (QED) is 0.538. The van der Waals surface area contributed by atoms with Crippen LogP contribution in [0.3, 0.4) is 0 Å². The Balaban J connectivity index is 1.83. The van der Waals surface area contributed by atoms with Crippen molar-refractivity contribution in [3.05, 3.63) is 65.7 Å². The normalized spacial score (nSPS) is 12.7. The lowest BCUT2D eigenvalue weighted by molar-refractivity contribution is 0.591. The number of thioether (sulfide) groups is 2. The van der Waals surface area contributed by atoms with Gasteiger partial charge in [-0.15, -0.1) is 23.5 Å². The minimum atomic E-state index is 0.668. The molecular weight excluding hydrogens is 304 g/mol. The van der Waals surface area contributed by atoms with Gasteiger partial charge in [0.2, 0.25) is 0 Å². The molecule has 0 saturated heterocycles. The third kappa shape index (κ3) is 5.58. The largest absolute Gasteiger partial charge is 0.130 e. The van der Waals surface area contributed by atoms with E-state index in [9.17, 15) is 0 Å². The fourth-order valence-electron chi connectivity index (χ4n) is 2.40. The van der Waals surface area contributed by atoms with E-state index >= 15 is 0 Å². The van der Waals surface area contributed by atoms with Crippen LogP contribution in [0.1, 0.15) is 24.5 Å². The summed E-state index contributed by atoms with van der Waals surface area (Å²) < 4.78 is 0. The summed E-state index contributed by atoms with van der Waals surface area (Å²) in [5.41, 5.74) is 2.72. The topological polar surface area (TPSA) is 0 Å². The van der Waals surface area contributed by atoms with Crippen LogP contribution in [0.25, 0.3) is 6.08 Å². The van der Waals surface area contributed by atoms with E-state index in [1.54, 1.807) is 23.5 Å². The lowest BCUT2D eigenvalue weighted by Crippen LogP contribution is -1.98. The lowest BCUT2D eigenvalue weighted by Gasteiger charge is -2.09. The monoisotopic (exact) mass is 328 g/mol. The van der Waals surface area contributed by atoms with Crippen molar-refractivity contribution in [2.45, 2.75) is 29.6 Å². The van der Waals surface area contributed by atoms with E-state index in [0.29, 0.717) is 5.92 Å². The van der Waals surface area contributed by atoms with Crippen LogP contribution in [0.15, 0.2) is 64.4 Å². The molecule has 2 aromatic rings. The summed E-state index contributed by atoms with van der Waals surface area (Å²) in [7, 11) is 0. The SMILES string of the molecule is CSc1ccc(C=CCC(C)Cc2ccc(SC)cc2)cc1. The van der Waals surface area contributed by atoms with E-state index in [4.69, 9.17) is 0 Å².